The molecule has 0 saturated carbocycles. The second kappa shape index (κ2) is 7.46. The number of ether oxygens (including phenoxy) is 1. The Hall–Kier alpha value is -1.15. The summed E-state index contributed by atoms with van der Waals surface area (Å²) < 4.78 is 33.4. The van der Waals surface area contributed by atoms with Gasteiger partial charge in [0.2, 0.25) is 10.0 Å². The predicted octanol–water partition coefficient (Wildman–Crippen LogP) is 1.72. The lowest BCUT2D eigenvalue weighted by molar-refractivity contribution is -0.0508. The molecule has 2 aliphatic rings. The number of aryl methyl sites for hydroxylation is 1. The van der Waals surface area contributed by atoms with Gasteiger partial charge in [0.15, 0.2) is 0 Å². The Kier molecular flexibility index (Phi) is 5.63. The lowest BCUT2D eigenvalue weighted by Gasteiger charge is -2.53. The summed E-state index contributed by atoms with van der Waals surface area (Å²) in [4.78, 5) is 2.54. The average Bonchev–Trinajstić information content (AvgIpc) is 2.67. The van der Waals surface area contributed by atoms with Gasteiger partial charge in [-0.25, -0.2) is 8.42 Å². The van der Waals surface area contributed by atoms with Gasteiger partial charge in [-0.15, -0.1) is 0 Å². The molecule has 6 nitrogen and oxygen atoms in total. The van der Waals surface area contributed by atoms with Crippen molar-refractivity contribution in [2.24, 2.45) is 5.41 Å². The lowest BCUT2D eigenvalue weighted by Crippen LogP contribution is -2.62. The van der Waals surface area contributed by atoms with Crippen molar-refractivity contribution < 1.29 is 18.3 Å². The molecule has 1 N–H and O–H groups in total. The number of nitrogens with zero attached hydrogens (tertiary/aromatic N) is 2. The van der Waals surface area contributed by atoms with Crippen molar-refractivity contribution in [3.8, 4) is 5.75 Å². The van der Waals surface area contributed by atoms with Crippen LogP contribution in [0.3, 0.4) is 0 Å². The summed E-state index contributed by atoms with van der Waals surface area (Å²) in [5, 5.41) is 10.0. The zero-order chi connectivity index (χ0) is 18.9. The van der Waals surface area contributed by atoms with Crippen LogP contribution in [0, 0.1) is 5.41 Å². The maximum absolute atomic E-state index is 13.2. The molecular formula is C19H30N2O4S. The first kappa shape index (κ1) is 19.6. The Morgan fingerprint density at radius 3 is 2.73 bits per heavy atom. The number of hydrogen-bond donors (Lipinski definition) is 1. The molecule has 2 saturated heterocycles. The Balaban J connectivity index is 1.89. The summed E-state index contributed by atoms with van der Waals surface area (Å²) in [6, 6.07) is 5.16. The standard InChI is InChI=1S/C19H30N2O4S/c1-4-15-12-16(6-7-17(15)25-3)26(23,24)21-11-9-19(14-22)8-5-10-20(2)18(19)13-21/h6-7,12,18,22H,4-5,8-11,13-14H2,1-3H3/t18-,19-/m1/s1. The maximum atomic E-state index is 13.2. The number of hydrogen-bond acceptors (Lipinski definition) is 5. The van der Waals surface area contributed by atoms with Gasteiger partial charge < -0.3 is 14.7 Å². The van der Waals surface area contributed by atoms with Crippen molar-refractivity contribution in [1.82, 2.24) is 9.21 Å². The normalized spacial score (nSPS) is 27.9. The van der Waals surface area contributed by atoms with Crippen molar-refractivity contribution in [2.45, 2.75) is 43.5 Å². The van der Waals surface area contributed by atoms with Crippen molar-refractivity contribution >= 4 is 10.0 Å². The molecule has 0 aromatic heterocycles. The van der Waals surface area contributed by atoms with Gasteiger partial charge in [0.25, 0.3) is 0 Å². The predicted molar refractivity (Wildman–Crippen MR) is 101 cm³/mol. The molecule has 0 spiro atoms. The van der Waals surface area contributed by atoms with E-state index in [0.29, 0.717) is 30.8 Å². The van der Waals surface area contributed by atoms with E-state index in [-0.39, 0.29) is 18.1 Å². The van der Waals surface area contributed by atoms with E-state index in [2.05, 4.69) is 4.90 Å². The third-order valence-electron chi connectivity index (χ3n) is 6.25. The van der Waals surface area contributed by atoms with Crippen molar-refractivity contribution in [2.75, 3.05) is 40.4 Å². The van der Waals surface area contributed by atoms with Gasteiger partial charge in [0.05, 0.1) is 18.6 Å². The van der Waals surface area contributed by atoms with Crippen LogP contribution in [0.15, 0.2) is 23.1 Å². The third kappa shape index (κ3) is 3.26. The molecular weight excluding hydrogens is 352 g/mol. The quantitative estimate of drug-likeness (QED) is 0.840. The zero-order valence-corrected chi connectivity index (χ0v) is 16.8. The molecule has 0 radical (unpaired) electrons. The molecule has 3 rings (SSSR count). The molecule has 0 amide bonds. The largest absolute Gasteiger partial charge is 0.496 e. The maximum Gasteiger partial charge on any atom is 0.243 e. The molecule has 7 heteroatoms. The van der Waals surface area contributed by atoms with Crippen LogP contribution in [0.2, 0.25) is 0 Å². The van der Waals surface area contributed by atoms with E-state index in [4.69, 9.17) is 4.74 Å². The van der Waals surface area contributed by atoms with Crippen molar-refractivity contribution in [3.05, 3.63) is 23.8 Å². The summed E-state index contributed by atoms with van der Waals surface area (Å²) in [6.07, 6.45) is 3.44. The van der Waals surface area contributed by atoms with Gasteiger partial charge in [-0.3, -0.25) is 0 Å². The van der Waals surface area contributed by atoms with Gasteiger partial charge in [-0.2, -0.15) is 4.31 Å². The molecule has 26 heavy (non-hydrogen) atoms. The van der Waals surface area contributed by atoms with E-state index in [1.165, 1.54) is 0 Å². The molecule has 0 bridgehead atoms. The molecule has 1 aromatic rings. The highest BCUT2D eigenvalue weighted by Gasteiger charge is 2.48. The fourth-order valence-corrected chi connectivity index (χ4v) is 6.05. The van der Waals surface area contributed by atoms with E-state index < -0.39 is 10.0 Å². The molecule has 0 aliphatic carbocycles. The Morgan fingerprint density at radius 1 is 1.31 bits per heavy atom. The van der Waals surface area contributed by atoms with Crippen LogP contribution in [0.25, 0.3) is 0 Å². The number of sulfonamides is 1. The molecule has 0 unspecified atom stereocenters. The van der Waals surface area contributed by atoms with E-state index in [0.717, 1.165) is 30.7 Å². The molecule has 2 aliphatic heterocycles. The zero-order valence-electron chi connectivity index (χ0n) is 15.9. The van der Waals surface area contributed by atoms with Crippen LogP contribution >= 0.6 is 0 Å². The second-order valence-electron chi connectivity index (χ2n) is 7.56. The van der Waals surface area contributed by atoms with Gasteiger partial charge in [-0.1, -0.05) is 6.92 Å². The fourth-order valence-electron chi connectivity index (χ4n) is 4.55. The highest BCUT2D eigenvalue weighted by molar-refractivity contribution is 7.89. The monoisotopic (exact) mass is 382 g/mol. The van der Waals surface area contributed by atoms with Gasteiger partial charge in [0.1, 0.15) is 5.75 Å². The number of benzene rings is 1. The van der Waals surface area contributed by atoms with Crippen molar-refractivity contribution in [1.29, 1.82) is 0 Å². The second-order valence-corrected chi connectivity index (χ2v) is 9.50. The SMILES string of the molecule is CCc1cc(S(=O)(=O)N2CC[C@@]3(CO)CCCN(C)[C@@H]3C2)ccc1OC. The summed E-state index contributed by atoms with van der Waals surface area (Å²) in [6.45, 7) is 3.95. The van der Waals surface area contributed by atoms with E-state index in [9.17, 15) is 13.5 Å². The topological polar surface area (TPSA) is 70.1 Å². The summed E-state index contributed by atoms with van der Waals surface area (Å²) in [5.74, 6) is 0.719. The molecule has 2 fully saturated rings. The molecule has 2 atom stereocenters. The van der Waals surface area contributed by atoms with Gasteiger partial charge in [-0.05, 0) is 63.0 Å². The minimum absolute atomic E-state index is 0.0636. The molecule has 146 valence electrons. The lowest BCUT2D eigenvalue weighted by atomic mass is 9.69. The third-order valence-corrected chi connectivity index (χ3v) is 8.11. The summed E-state index contributed by atoms with van der Waals surface area (Å²) in [7, 11) is 0.0735. The number of likely N-dealkylation sites (tertiary alicyclic amines) is 1. The van der Waals surface area contributed by atoms with Crippen LogP contribution in [0.4, 0.5) is 0 Å². The van der Waals surface area contributed by atoms with Gasteiger partial charge in [0, 0.05) is 24.5 Å². The van der Waals surface area contributed by atoms with E-state index in [1.807, 2.05) is 14.0 Å². The first-order chi connectivity index (χ1) is 12.4. The van der Waals surface area contributed by atoms with Gasteiger partial charge >= 0.3 is 0 Å². The first-order valence-corrected chi connectivity index (χ1v) is 10.8. The van der Waals surface area contributed by atoms with E-state index >= 15 is 0 Å². The highest BCUT2D eigenvalue weighted by Crippen LogP contribution is 2.42. The van der Waals surface area contributed by atoms with Crippen LogP contribution in [0.1, 0.15) is 31.7 Å². The summed E-state index contributed by atoms with van der Waals surface area (Å²) >= 11 is 0. The number of aliphatic hydroxyl groups excluding tert-OH is 1. The molecule has 1 aromatic carbocycles. The van der Waals surface area contributed by atoms with Crippen molar-refractivity contribution in [3.63, 3.8) is 0 Å². The van der Waals surface area contributed by atoms with Crippen LogP contribution < -0.4 is 4.74 Å². The van der Waals surface area contributed by atoms with Crippen LogP contribution in [-0.2, 0) is 16.4 Å². The number of methoxy groups -OCH3 is 1. The minimum atomic E-state index is -3.56. The number of fused-ring (bicyclic) bond motifs is 1. The van der Waals surface area contributed by atoms with Crippen LogP contribution in [0.5, 0.6) is 5.75 Å². The Bertz CT molecular complexity index is 752. The smallest absolute Gasteiger partial charge is 0.243 e. The summed E-state index contributed by atoms with van der Waals surface area (Å²) in [5.41, 5.74) is 0.720. The fraction of sp³-hybridized carbons (Fsp3) is 0.684. The number of rotatable bonds is 5. The number of piperidine rings is 2. The minimum Gasteiger partial charge on any atom is -0.496 e. The Morgan fingerprint density at radius 2 is 2.08 bits per heavy atom. The molecule has 2 heterocycles. The van der Waals surface area contributed by atoms with E-state index in [1.54, 1.807) is 29.6 Å². The highest BCUT2D eigenvalue weighted by atomic mass is 32.2. The first-order valence-electron chi connectivity index (χ1n) is 9.36. The average molecular weight is 383 g/mol. The Labute approximate surface area is 156 Å². The van der Waals surface area contributed by atoms with Crippen LogP contribution in [-0.4, -0.2) is 69.2 Å². The number of aliphatic hydroxyl groups is 1. The number of likely N-dealkylation sites (N-methyl/N-ethyl adjacent to an activating group) is 1.